The fourth-order valence-electron chi connectivity index (χ4n) is 3.91. The predicted molar refractivity (Wildman–Crippen MR) is 135 cm³/mol. The molecule has 0 fully saturated rings. The molecule has 0 aliphatic heterocycles. The topological polar surface area (TPSA) is 37.3 Å². The highest BCUT2D eigenvalue weighted by Crippen LogP contribution is 2.15. The molecule has 0 saturated carbocycles. The van der Waals surface area contributed by atoms with Crippen molar-refractivity contribution in [3.05, 3.63) is 0 Å². The van der Waals surface area contributed by atoms with Gasteiger partial charge >= 0.3 is 5.97 Å². The predicted octanol–water partition coefficient (Wildman–Crippen LogP) is 9.30. The zero-order valence-corrected chi connectivity index (χ0v) is 20.7. The van der Waals surface area contributed by atoms with Gasteiger partial charge < -0.3 is 5.11 Å². The van der Waals surface area contributed by atoms with Crippen molar-refractivity contribution in [2.45, 2.75) is 148 Å². The van der Waals surface area contributed by atoms with Gasteiger partial charge in [0.2, 0.25) is 0 Å². The van der Waals surface area contributed by atoms with Crippen molar-refractivity contribution in [1.82, 2.24) is 0 Å². The number of carboxylic acids is 1. The summed E-state index contributed by atoms with van der Waals surface area (Å²) < 4.78 is 0.864. The van der Waals surface area contributed by atoms with Gasteiger partial charge in [-0.2, -0.15) is 0 Å². The molecule has 0 amide bonds. The summed E-state index contributed by atoms with van der Waals surface area (Å²) in [5.74, 6) is -0.655. The Morgan fingerprint density at radius 3 is 0.897 bits per heavy atom. The Hall–Kier alpha value is -0.0900. The lowest BCUT2D eigenvalue weighted by molar-refractivity contribution is -0.137. The van der Waals surface area contributed by atoms with Crippen molar-refractivity contribution in [1.29, 1.82) is 0 Å². The van der Waals surface area contributed by atoms with Gasteiger partial charge in [0.05, 0.1) is 0 Å². The van der Waals surface area contributed by atoms with Crippen LogP contribution >= 0.6 is 24.8 Å². The second kappa shape index (κ2) is 24.2. The van der Waals surface area contributed by atoms with Crippen LogP contribution in [-0.2, 0) is 4.79 Å². The van der Waals surface area contributed by atoms with Crippen molar-refractivity contribution in [2.24, 2.45) is 0 Å². The van der Waals surface area contributed by atoms with Crippen molar-refractivity contribution in [3.8, 4) is 0 Å². The number of rotatable bonds is 24. The second-order valence-corrected chi connectivity index (χ2v) is 10.0. The van der Waals surface area contributed by atoms with Gasteiger partial charge in [-0.1, -0.05) is 134 Å². The number of hydrogen-bond donors (Lipinski definition) is 2. The minimum atomic E-state index is -0.655. The number of unbranched alkanes of at least 4 members (excludes halogenated alkanes) is 20. The quantitative estimate of drug-likeness (QED) is 0.0884. The third-order valence-corrected chi connectivity index (χ3v) is 6.21. The highest BCUT2D eigenvalue weighted by atomic mass is 32.1. The minimum absolute atomic E-state index is 0.341. The van der Waals surface area contributed by atoms with Gasteiger partial charge in [0.15, 0.2) is 0 Å². The fraction of sp³-hybridized carbons (Fsp3) is 0.920. The van der Waals surface area contributed by atoms with Crippen LogP contribution in [0.1, 0.15) is 148 Å². The van der Waals surface area contributed by atoms with Crippen LogP contribution in [0.25, 0.3) is 0 Å². The second-order valence-electron chi connectivity index (χ2n) is 8.71. The SMILES string of the molecule is O=C(O)CCCCCCCCCCCCCCCCCCCCCCCC(=S)S. The zero-order chi connectivity index (χ0) is 21.4. The third-order valence-electron chi connectivity index (χ3n) is 5.78. The van der Waals surface area contributed by atoms with Crippen LogP contribution in [0.2, 0.25) is 0 Å². The van der Waals surface area contributed by atoms with E-state index in [-0.39, 0.29) is 0 Å². The molecule has 0 radical (unpaired) electrons. The summed E-state index contributed by atoms with van der Waals surface area (Å²) in [5, 5.41) is 8.59. The van der Waals surface area contributed by atoms with Crippen LogP contribution in [0.5, 0.6) is 0 Å². The summed E-state index contributed by atoms with van der Waals surface area (Å²) in [6, 6.07) is 0. The Kier molecular flexibility index (Phi) is 24.1. The van der Waals surface area contributed by atoms with Crippen molar-refractivity contribution in [2.75, 3.05) is 0 Å². The molecule has 0 aromatic heterocycles. The molecule has 0 spiro atoms. The highest BCUT2D eigenvalue weighted by molar-refractivity contribution is 8.11. The minimum Gasteiger partial charge on any atom is -0.481 e. The molecule has 0 saturated heterocycles. The van der Waals surface area contributed by atoms with E-state index in [1.807, 2.05) is 0 Å². The van der Waals surface area contributed by atoms with Gasteiger partial charge in [-0.15, -0.1) is 12.6 Å². The molecule has 29 heavy (non-hydrogen) atoms. The van der Waals surface area contributed by atoms with Crippen LogP contribution in [0, 0.1) is 0 Å². The number of thiocarbonyl (C=S) groups is 1. The molecular weight excluding hydrogens is 396 g/mol. The molecule has 172 valence electrons. The molecular formula is C25H48O2S2. The van der Waals surface area contributed by atoms with E-state index in [0.717, 1.165) is 23.5 Å². The van der Waals surface area contributed by atoms with Gasteiger partial charge in [0, 0.05) is 10.6 Å². The standard InChI is InChI=1S/C25H48O2S2/c26-24(27)22-20-18-16-14-12-10-8-6-4-2-1-3-5-7-9-11-13-15-17-19-21-23-25(28)29/h1-23H2,(H,26,27)(H,28,29). The number of aliphatic carboxylic acids is 1. The van der Waals surface area contributed by atoms with Gasteiger partial charge in [-0.05, 0) is 19.3 Å². The summed E-state index contributed by atoms with van der Waals surface area (Å²) in [4.78, 5) is 10.4. The first-order chi connectivity index (χ1) is 14.1. The number of carboxylic acid groups (broad SMARTS) is 1. The molecule has 0 aromatic carbocycles. The summed E-state index contributed by atoms with van der Waals surface area (Å²) in [5.41, 5.74) is 0. The van der Waals surface area contributed by atoms with Crippen LogP contribution < -0.4 is 0 Å². The lowest BCUT2D eigenvalue weighted by Crippen LogP contribution is -1.93. The molecule has 0 aliphatic rings. The van der Waals surface area contributed by atoms with Crippen LogP contribution in [0.15, 0.2) is 0 Å². The van der Waals surface area contributed by atoms with Crippen molar-refractivity contribution >= 4 is 35.0 Å². The lowest BCUT2D eigenvalue weighted by atomic mass is 10.0. The number of carbonyl (C=O) groups is 1. The van der Waals surface area contributed by atoms with Crippen LogP contribution in [0.4, 0.5) is 0 Å². The molecule has 0 heterocycles. The van der Waals surface area contributed by atoms with Gasteiger partial charge in [-0.3, -0.25) is 4.79 Å². The molecule has 1 N–H and O–H groups in total. The summed E-state index contributed by atoms with van der Waals surface area (Å²) in [6.07, 6.45) is 29.4. The first-order valence-electron chi connectivity index (χ1n) is 12.6. The van der Waals surface area contributed by atoms with Crippen molar-refractivity contribution < 1.29 is 9.90 Å². The highest BCUT2D eigenvalue weighted by Gasteiger charge is 1.98. The first kappa shape index (κ1) is 28.9. The average Bonchev–Trinajstić information content (AvgIpc) is 2.68. The largest absolute Gasteiger partial charge is 0.481 e. The van der Waals surface area contributed by atoms with Gasteiger partial charge in [-0.25, -0.2) is 0 Å². The van der Waals surface area contributed by atoms with Crippen molar-refractivity contribution in [3.63, 3.8) is 0 Å². The molecule has 0 aromatic rings. The monoisotopic (exact) mass is 444 g/mol. The molecule has 2 nitrogen and oxygen atoms in total. The van der Waals surface area contributed by atoms with E-state index in [9.17, 15) is 4.79 Å². The fourth-order valence-corrected chi connectivity index (χ4v) is 4.21. The summed E-state index contributed by atoms with van der Waals surface area (Å²) in [7, 11) is 0. The van der Waals surface area contributed by atoms with E-state index in [1.165, 1.54) is 122 Å². The maximum Gasteiger partial charge on any atom is 0.303 e. The van der Waals surface area contributed by atoms with Crippen LogP contribution in [0.3, 0.4) is 0 Å². The molecule has 0 atom stereocenters. The maximum atomic E-state index is 10.4. The Labute approximate surface area is 192 Å². The van der Waals surface area contributed by atoms with E-state index in [2.05, 4.69) is 12.6 Å². The molecule has 0 unspecified atom stereocenters. The Morgan fingerprint density at radius 1 is 0.483 bits per heavy atom. The van der Waals surface area contributed by atoms with E-state index in [0.29, 0.717) is 6.42 Å². The van der Waals surface area contributed by atoms with E-state index in [4.69, 9.17) is 17.3 Å². The average molecular weight is 445 g/mol. The van der Waals surface area contributed by atoms with E-state index < -0.39 is 5.97 Å². The normalized spacial score (nSPS) is 11.1. The number of hydrogen-bond acceptors (Lipinski definition) is 2. The molecule has 0 aliphatic carbocycles. The summed E-state index contributed by atoms with van der Waals surface area (Å²) in [6.45, 7) is 0. The zero-order valence-electron chi connectivity index (χ0n) is 19.0. The molecule has 0 rings (SSSR count). The van der Waals surface area contributed by atoms with Gasteiger partial charge in [0.25, 0.3) is 0 Å². The Balaban J connectivity index is 3.01. The third kappa shape index (κ3) is 27.9. The smallest absolute Gasteiger partial charge is 0.303 e. The first-order valence-corrected chi connectivity index (χ1v) is 13.4. The number of thiol groups is 1. The molecule has 4 heteroatoms. The Morgan fingerprint density at radius 2 is 0.690 bits per heavy atom. The Bertz CT molecular complexity index is 338. The van der Waals surface area contributed by atoms with Crippen LogP contribution in [-0.4, -0.2) is 15.3 Å². The maximum absolute atomic E-state index is 10.4. The van der Waals surface area contributed by atoms with E-state index in [1.54, 1.807) is 0 Å². The summed E-state index contributed by atoms with van der Waals surface area (Å²) >= 11 is 9.15. The van der Waals surface area contributed by atoms with E-state index >= 15 is 0 Å². The van der Waals surface area contributed by atoms with Gasteiger partial charge in [0.1, 0.15) is 0 Å². The molecule has 0 bridgehead atoms. The lowest BCUT2D eigenvalue weighted by Gasteiger charge is -2.04.